The van der Waals surface area contributed by atoms with Crippen LogP contribution in [-0.2, 0) is 4.57 Å². The molecule has 0 aliphatic rings. The zero-order valence-corrected chi connectivity index (χ0v) is 8.53. The smallest absolute Gasteiger partial charge is 0.160 e. The molecule has 0 fully saturated rings. The molecule has 2 nitrogen and oxygen atoms in total. The number of rotatable bonds is 5. The lowest BCUT2D eigenvalue weighted by molar-refractivity contribution is 0.425. The van der Waals surface area contributed by atoms with Crippen LogP contribution in [0.4, 0.5) is 0 Å². The van der Waals surface area contributed by atoms with Gasteiger partial charge in [0, 0.05) is 0 Å². The summed E-state index contributed by atoms with van der Waals surface area (Å²) in [7, 11) is -2.01. The number of hydrogen-bond donors (Lipinski definition) is 1. The summed E-state index contributed by atoms with van der Waals surface area (Å²) < 4.78 is 10.9. The fourth-order valence-corrected chi connectivity index (χ4v) is 1.59. The molecule has 66 valence electrons. The summed E-state index contributed by atoms with van der Waals surface area (Å²) in [5, 5.41) is -0.342. The zero-order chi connectivity index (χ0) is 8.91. The Labute approximate surface area is 69.9 Å². The second kappa shape index (κ2) is 4.84. The summed E-state index contributed by atoms with van der Waals surface area (Å²) >= 11 is 0. The normalized spacial score (nSPS) is 17.6. The minimum atomic E-state index is -2.01. The molecule has 0 saturated heterocycles. The van der Waals surface area contributed by atoms with E-state index in [0.717, 1.165) is 25.7 Å². The zero-order valence-electron chi connectivity index (χ0n) is 7.63. The van der Waals surface area contributed by atoms with Crippen LogP contribution in [0.15, 0.2) is 0 Å². The van der Waals surface area contributed by atoms with Gasteiger partial charge in [-0.05, 0) is 30.8 Å². The monoisotopic (exact) mass is 177 g/mol. The lowest BCUT2D eigenvalue weighted by Gasteiger charge is -2.12. The molecule has 0 aliphatic carbocycles. The van der Waals surface area contributed by atoms with Gasteiger partial charge in [-0.3, -0.25) is 0 Å². The lowest BCUT2D eigenvalue weighted by atomic mass is 10.0. The van der Waals surface area contributed by atoms with Gasteiger partial charge in [-0.15, -0.1) is 0 Å². The summed E-state index contributed by atoms with van der Waals surface area (Å²) in [5.74, 6) is 0. The van der Waals surface area contributed by atoms with Gasteiger partial charge in [-0.25, -0.2) is 0 Å². The molecule has 0 heterocycles. The van der Waals surface area contributed by atoms with Gasteiger partial charge in [-0.2, -0.15) is 4.89 Å². The molecule has 0 aliphatic heterocycles. The van der Waals surface area contributed by atoms with Crippen LogP contribution in [0.5, 0.6) is 0 Å². The van der Waals surface area contributed by atoms with Gasteiger partial charge in [0.1, 0.15) is 0 Å². The molecule has 0 aromatic carbocycles. The van der Waals surface area contributed by atoms with E-state index in [1.807, 2.05) is 13.8 Å². The number of hydrogen-bond acceptors (Lipinski definition) is 1. The molecule has 0 aromatic heterocycles. The van der Waals surface area contributed by atoms with Gasteiger partial charge in [0.25, 0.3) is 0 Å². The van der Waals surface area contributed by atoms with Crippen molar-refractivity contribution in [1.29, 1.82) is 0 Å². The molecule has 2 unspecified atom stereocenters. The maximum absolute atomic E-state index is 10.9. The molecule has 2 atom stereocenters. The first kappa shape index (κ1) is 11.1. The largest absolute Gasteiger partial charge is 0.511 e. The van der Waals surface area contributed by atoms with Crippen molar-refractivity contribution >= 4 is 8.03 Å². The lowest BCUT2D eigenvalue weighted by Crippen LogP contribution is -2.17. The molecular weight excluding hydrogens is 159 g/mol. The molecule has 0 radical (unpaired) electrons. The minimum absolute atomic E-state index is 0.342. The van der Waals surface area contributed by atoms with E-state index < -0.39 is 8.03 Å². The molecule has 0 bridgehead atoms. The Hall–Kier alpha value is 0.0600. The SMILES string of the molecule is CCCCC(C)(CC)[P+](=O)O. The standard InChI is InChI=1S/C8H17O2P/c1-4-6-7-8(3,5-2)11(9)10/h4-7H2,1-3H3/p+1. The fraction of sp³-hybridized carbons (Fsp3) is 1.00. The average molecular weight is 177 g/mol. The minimum Gasteiger partial charge on any atom is -0.160 e. The Morgan fingerprint density at radius 1 is 1.45 bits per heavy atom. The highest BCUT2D eigenvalue weighted by Gasteiger charge is 2.41. The van der Waals surface area contributed by atoms with Crippen molar-refractivity contribution in [2.45, 2.75) is 51.6 Å². The Morgan fingerprint density at radius 3 is 2.27 bits per heavy atom. The van der Waals surface area contributed by atoms with E-state index in [4.69, 9.17) is 4.89 Å². The third-order valence-electron chi connectivity index (χ3n) is 2.29. The quantitative estimate of drug-likeness (QED) is 0.655. The van der Waals surface area contributed by atoms with Gasteiger partial charge >= 0.3 is 8.03 Å². The van der Waals surface area contributed by atoms with E-state index in [2.05, 4.69) is 6.92 Å². The fourth-order valence-electron chi connectivity index (χ4n) is 0.965. The molecule has 0 aromatic rings. The molecule has 0 spiro atoms. The van der Waals surface area contributed by atoms with Crippen LogP contribution in [-0.4, -0.2) is 10.0 Å². The second-order valence-corrected chi connectivity index (χ2v) is 4.85. The molecular formula is C8H18O2P+. The topological polar surface area (TPSA) is 37.3 Å². The molecule has 0 saturated carbocycles. The van der Waals surface area contributed by atoms with Gasteiger partial charge in [0.2, 0.25) is 0 Å². The highest BCUT2D eigenvalue weighted by atomic mass is 31.1. The van der Waals surface area contributed by atoms with Crippen molar-refractivity contribution in [3.05, 3.63) is 0 Å². The van der Waals surface area contributed by atoms with Crippen molar-refractivity contribution < 1.29 is 9.46 Å². The Kier molecular flexibility index (Phi) is 4.87. The first-order valence-corrected chi connectivity index (χ1v) is 5.44. The van der Waals surface area contributed by atoms with Gasteiger partial charge in [-0.1, -0.05) is 20.3 Å². The van der Waals surface area contributed by atoms with Crippen molar-refractivity contribution in [3.63, 3.8) is 0 Å². The summed E-state index contributed by atoms with van der Waals surface area (Å²) in [6, 6.07) is 0. The predicted octanol–water partition coefficient (Wildman–Crippen LogP) is 3.08. The Bertz CT molecular complexity index is 136. The van der Waals surface area contributed by atoms with Crippen LogP contribution in [0.25, 0.3) is 0 Å². The summed E-state index contributed by atoms with van der Waals surface area (Å²) in [4.78, 5) is 9.01. The predicted molar refractivity (Wildman–Crippen MR) is 48.0 cm³/mol. The molecule has 1 N–H and O–H groups in total. The number of unbranched alkanes of at least 4 members (excludes halogenated alkanes) is 1. The van der Waals surface area contributed by atoms with Crippen molar-refractivity contribution in [2.24, 2.45) is 0 Å². The highest BCUT2D eigenvalue weighted by molar-refractivity contribution is 7.40. The van der Waals surface area contributed by atoms with Crippen LogP contribution in [0.2, 0.25) is 0 Å². The van der Waals surface area contributed by atoms with E-state index >= 15 is 0 Å². The summed E-state index contributed by atoms with van der Waals surface area (Å²) in [6.45, 7) is 5.96. The van der Waals surface area contributed by atoms with Crippen LogP contribution in [0.3, 0.4) is 0 Å². The van der Waals surface area contributed by atoms with E-state index in [1.54, 1.807) is 0 Å². The van der Waals surface area contributed by atoms with Crippen molar-refractivity contribution in [2.75, 3.05) is 0 Å². The molecule has 0 rings (SSSR count). The van der Waals surface area contributed by atoms with E-state index in [1.165, 1.54) is 0 Å². The molecule has 0 amide bonds. The highest BCUT2D eigenvalue weighted by Crippen LogP contribution is 2.41. The van der Waals surface area contributed by atoms with Gasteiger partial charge in [0.05, 0.1) is 0 Å². The van der Waals surface area contributed by atoms with Crippen molar-refractivity contribution in [3.8, 4) is 0 Å². The summed E-state index contributed by atoms with van der Waals surface area (Å²) in [5.41, 5.74) is 0. The van der Waals surface area contributed by atoms with Crippen molar-refractivity contribution in [1.82, 2.24) is 0 Å². The van der Waals surface area contributed by atoms with Crippen LogP contribution in [0.1, 0.15) is 46.5 Å². The first-order chi connectivity index (χ1) is 5.06. The van der Waals surface area contributed by atoms with Crippen LogP contribution in [0, 0.1) is 0 Å². The third kappa shape index (κ3) is 3.31. The van der Waals surface area contributed by atoms with E-state index in [9.17, 15) is 4.57 Å². The maximum Gasteiger partial charge on any atom is 0.511 e. The Morgan fingerprint density at radius 2 is 2.00 bits per heavy atom. The maximum atomic E-state index is 10.9. The molecule has 3 heteroatoms. The third-order valence-corrected chi connectivity index (χ3v) is 3.76. The average Bonchev–Trinajstić information content (AvgIpc) is 2.00. The van der Waals surface area contributed by atoms with Gasteiger partial charge < -0.3 is 0 Å². The van der Waals surface area contributed by atoms with E-state index in [0.29, 0.717) is 0 Å². The van der Waals surface area contributed by atoms with E-state index in [-0.39, 0.29) is 5.16 Å². The second-order valence-electron chi connectivity index (χ2n) is 3.23. The van der Waals surface area contributed by atoms with Crippen LogP contribution < -0.4 is 0 Å². The Balaban J connectivity index is 3.99. The van der Waals surface area contributed by atoms with Gasteiger partial charge in [0.15, 0.2) is 5.16 Å². The first-order valence-electron chi connectivity index (χ1n) is 4.23. The summed E-state index contributed by atoms with van der Waals surface area (Å²) in [6.07, 6.45) is 3.80. The molecule has 11 heavy (non-hydrogen) atoms. The van der Waals surface area contributed by atoms with Crippen LogP contribution >= 0.6 is 8.03 Å².